The minimum atomic E-state index is -0.131. The molecule has 1 fully saturated rings. The molecule has 1 N–H and O–H groups in total. The molecule has 1 saturated carbocycles. The molecule has 1 amide bonds. The lowest BCUT2D eigenvalue weighted by atomic mass is 9.94. The molecule has 0 radical (unpaired) electrons. The van der Waals surface area contributed by atoms with Gasteiger partial charge in [-0.25, -0.2) is 0 Å². The van der Waals surface area contributed by atoms with Gasteiger partial charge in [-0.15, -0.1) is 0 Å². The van der Waals surface area contributed by atoms with Crippen LogP contribution in [0.2, 0.25) is 0 Å². The average molecular weight is 289 g/mol. The number of anilines is 1. The Bertz CT molecular complexity index is 551. The van der Waals surface area contributed by atoms with Gasteiger partial charge in [0, 0.05) is 11.6 Å². The Morgan fingerprint density at radius 2 is 2.05 bits per heavy atom. The minimum Gasteiger partial charge on any atom is -0.444 e. The van der Waals surface area contributed by atoms with Gasteiger partial charge in [-0.05, 0) is 33.7 Å². The number of aryl methyl sites for hydroxylation is 1. The smallest absolute Gasteiger partial charge is 0.240 e. The number of hydrogen-bond donors (Lipinski definition) is 1. The molecule has 5 nitrogen and oxygen atoms in total. The van der Waals surface area contributed by atoms with Gasteiger partial charge in [-0.2, -0.15) is 5.26 Å². The number of amides is 1. The van der Waals surface area contributed by atoms with Gasteiger partial charge in [-0.3, -0.25) is 15.0 Å². The van der Waals surface area contributed by atoms with E-state index >= 15 is 0 Å². The molecule has 0 aromatic carbocycles. The van der Waals surface area contributed by atoms with Gasteiger partial charge in [0.25, 0.3) is 0 Å². The van der Waals surface area contributed by atoms with E-state index in [2.05, 4.69) is 16.3 Å². The SMILES string of the molecule is Cc1oc(NC(=O)CN(C)C2CCCCC2)c(C#N)c1C. The summed E-state index contributed by atoms with van der Waals surface area (Å²) in [6, 6.07) is 2.57. The lowest BCUT2D eigenvalue weighted by molar-refractivity contribution is -0.117. The Balaban J connectivity index is 1.95. The normalized spacial score (nSPS) is 16.0. The summed E-state index contributed by atoms with van der Waals surface area (Å²) >= 11 is 0. The Morgan fingerprint density at radius 3 is 2.67 bits per heavy atom. The van der Waals surface area contributed by atoms with Crippen molar-refractivity contribution in [3.63, 3.8) is 0 Å². The van der Waals surface area contributed by atoms with Crippen LogP contribution in [0.25, 0.3) is 0 Å². The first-order chi connectivity index (χ1) is 10.0. The zero-order valence-electron chi connectivity index (χ0n) is 13.0. The fraction of sp³-hybridized carbons (Fsp3) is 0.625. The summed E-state index contributed by atoms with van der Waals surface area (Å²) in [7, 11) is 1.99. The highest BCUT2D eigenvalue weighted by Crippen LogP contribution is 2.25. The maximum Gasteiger partial charge on any atom is 0.240 e. The van der Waals surface area contributed by atoms with E-state index in [0.29, 0.717) is 23.9 Å². The van der Waals surface area contributed by atoms with Gasteiger partial charge >= 0.3 is 0 Å². The molecule has 1 heterocycles. The molecule has 1 aromatic heterocycles. The van der Waals surface area contributed by atoms with E-state index < -0.39 is 0 Å². The molecule has 0 saturated heterocycles. The lowest BCUT2D eigenvalue weighted by Crippen LogP contribution is -2.39. The first-order valence-corrected chi connectivity index (χ1v) is 7.53. The van der Waals surface area contributed by atoms with Crippen molar-refractivity contribution >= 4 is 11.8 Å². The van der Waals surface area contributed by atoms with Crippen LogP contribution in [0.4, 0.5) is 5.88 Å². The Hall–Kier alpha value is -1.80. The van der Waals surface area contributed by atoms with Crippen LogP contribution in [-0.2, 0) is 4.79 Å². The number of likely N-dealkylation sites (N-methyl/N-ethyl adjacent to an activating group) is 1. The highest BCUT2D eigenvalue weighted by molar-refractivity contribution is 5.92. The third-order valence-electron chi connectivity index (χ3n) is 4.34. The summed E-state index contributed by atoms with van der Waals surface area (Å²) in [6.07, 6.45) is 6.10. The molecule has 1 aliphatic carbocycles. The molecule has 5 heteroatoms. The summed E-state index contributed by atoms with van der Waals surface area (Å²) in [5, 5.41) is 11.9. The van der Waals surface area contributed by atoms with Crippen molar-refractivity contribution in [2.75, 3.05) is 18.9 Å². The van der Waals surface area contributed by atoms with Gasteiger partial charge in [0.1, 0.15) is 17.4 Å². The van der Waals surface area contributed by atoms with Crippen molar-refractivity contribution in [2.24, 2.45) is 0 Å². The predicted octanol–water partition coefficient (Wildman–Crippen LogP) is 2.97. The number of carbonyl (C=O) groups is 1. The van der Waals surface area contributed by atoms with Crippen LogP contribution >= 0.6 is 0 Å². The third-order valence-corrected chi connectivity index (χ3v) is 4.34. The average Bonchev–Trinajstić information content (AvgIpc) is 2.73. The fourth-order valence-electron chi connectivity index (χ4n) is 2.89. The highest BCUT2D eigenvalue weighted by Gasteiger charge is 2.21. The van der Waals surface area contributed by atoms with Gasteiger partial charge in [0.2, 0.25) is 11.8 Å². The first kappa shape index (κ1) is 15.6. The molecule has 21 heavy (non-hydrogen) atoms. The third kappa shape index (κ3) is 3.64. The molecular formula is C16H23N3O2. The number of nitrogens with zero attached hydrogens (tertiary/aromatic N) is 2. The second kappa shape index (κ2) is 6.77. The number of hydrogen-bond acceptors (Lipinski definition) is 4. The molecule has 114 valence electrons. The zero-order chi connectivity index (χ0) is 15.4. The maximum absolute atomic E-state index is 12.1. The standard InChI is InChI=1S/C16H23N3O2/c1-11-12(2)21-16(14(11)9-17)18-15(20)10-19(3)13-7-5-4-6-8-13/h13H,4-8,10H2,1-3H3,(H,18,20). The highest BCUT2D eigenvalue weighted by atomic mass is 16.4. The molecular weight excluding hydrogens is 266 g/mol. The van der Waals surface area contributed by atoms with Crippen molar-refractivity contribution in [1.82, 2.24) is 4.90 Å². The van der Waals surface area contributed by atoms with Crippen LogP contribution in [0.3, 0.4) is 0 Å². The number of carbonyl (C=O) groups excluding carboxylic acids is 1. The Labute approximate surface area is 125 Å². The van der Waals surface area contributed by atoms with E-state index in [1.54, 1.807) is 6.92 Å². The van der Waals surface area contributed by atoms with Crippen molar-refractivity contribution in [3.8, 4) is 6.07 Å². The van der Waals surface area contributed by atoms with E-state index in [-0.39, 0.29) is 11.8 Å². The molecule has 0 bridgehead atoms. The lowest BCUT2D eigenvalue weighted by Gasteiger charge is -2.30. The van der Waals surface area contributed by atoms with E-state index in [4.69, 9.17) is 9.68 Å². The van der Waals surface area contributed by atoms with Gasteiger partial charge in [0.15, 0.2) is 0 Å². The van der Waals surface area contributed by atoms with Crippen LogP contribution < -0.4 is 5.32 Å². The number of nitrogens with one attached hydrogen (secondary N) is 1. The van der Waals surface area contributed by atoms with Crippen molar-refractivity contribution in [2.45, 2.75) is 52.0 Å². The number of nitriles is 1. The largest absolute Gasteiger partial charge is 0.444 e. The first-order valence-electron chi connectivity index (χ1n) is 7.53. The van der Waals surface area contributed by atoms with Crippen LogP contribution in [0.5, 0.6) is 0 Å². The van der Waals surface area contributed by atoms with E-state index in [1.807, 2.05) is 14.0 Å². The van der Waals surface area contributed by atoms with Crippen molar-refractivity contribution < 1.29 is 9.21 Å². The minimum absolute atomic E-state index is 0.131. The summed E-state index contributed by atoms with van der Waals surface area (Å²) in [5.41, 5.74) is 1.20. The van der Waals surface area contributed by atoms with Crippen LogP contribution in [0.15, 0.2) is 4.42 Å². The molecule has 0 aliphatic heterocycles. The molecule has 0 unspecified atom stereocenters. The second-order valence-corrected chi connectivity index (χ2v) is 5.85. The van der Waals surface area contributed by atoms with Gasteiger partial charge in [0.05, 0.1) is 6.54 Å². The molecule has 0 spiro atoms. The molecule has 0 atom stereocenters. The molecule has 2 rings (SSSR count). The van der Waals surface area contributed by atoms with E-state index in [0.717, 1.165) is 18.4 Å². The maximum atomic E-state index is 12.1. The van der Waals surface area contributed by atoms with Crippen LogP contribution in [0.1, 0.15) is 49.0 Å². The van der Waals surface area contributed by atoms with E-state index in [1.165, 1.54) is 19.3 Å². The van der Waals surface area contributed by atoms with Gasteiger partial charge in [-0.1, -0.05) is 19.3 Å². The molecule has 1 aromatic rings. The van der Waals surface area contributed by atoms with Crippen molar-refractivity contribution in [1.29, 1.82) is 5.26 Å². The predicted molar refractivity (Wildman–Crippen MR) is 81.0 cm³/mol. The molecule has 1 aliphatic rings. The van der Waals surface area contributed by atoms with E-state index in [9.17, 15) is 4.79 Å². The Kier molecular flexibility index (Phi) is 5.03. The topological polar surface area (TPSA) is 69.3 Å². The monoisotopic (exact) mass is 289 g/mol. The second-order valence-electron chi connectivity index (χ2n) is 5.85. The summed E-state index contributed by atoms with van der Waals surface area (Å²) < 4.78 is 5.46. The quantitative estimate of drug-likeness (QED) is 0.925. The summed E-state index contributed by atoms with van der Waals surface area (Å²) in [5.74, 6) is 0.811. The van der Waals surface area contributed by atoms with Crippen LogP contribution in [0, 0.1) is 25.2 Å². The summed E-state index contributed by atoms with van der Waals surface area (Å²) in [6.45, 7) is 3.94. The fourth-order valence-corrected chi connectivity index (χ4v) is 2.89. The number of furan rings is 1. The van der Waals surface area contributed by atoms with Crippen LogP contribution in [-0.4, -0.2) is 30.4 Å². The van der Waals surface area contributed by atoms with Gasteiger partial charge < -0.3 is 4.42 Å². The summed E-state index contributed by atoms with van der Waals surface area (Å²) in [4.78, 5) is 14.2. The van der Waals surface area contributed by atoms with Crippen molar-refractivity contribution in [3.05, 3.63) is 16.9 Å². The zero-order valence-corrected chi connectivity index (χ0v) is 13.0. The Morgan fingerprint density at radius 1 is 1.38 bits per heavy atom. The number of rotatable bonds is 4.